The summed E-state index contributed by atoms with van der Waals surface area (Å²) in [5.74, 6) is -3.50. The number of hydrogen-bond acceptors (Lipinski definition) is 13. The number of fused-ring (bicyclic) bond motifs is 9. The number of amides is 1. The summed E-state index contributed by atoms with van der Waals surface area (Å²) in [4.78, 5) is 42.0. The van der Waals surface area contributed by atoms with Crippen molar-refractivity contribution in [2.75, 3.05) is 33.3 Å². The Labute approximate surface area is 288 Å². The lowest BCUT2D eigenvalue weighted by molar-refractivity contribution is -0.176. The van der Waals surface area contributed by atoms with Crippen molar-refractivity contribution in [3.63, 3.8) is 0 Å². The van der Waals surface area contributed by atoms with Crippen LogP contribution in [0.4, 0.5) is 13.2 Å². The second kappa shape index (κ2) is 12.1. The van der Waals surface area contributed by atoms with Crippen LogP contribution < -0.4 is 24.3 Å². The van der Waals surface area contributed by atoms with Gasteiger partial charge in [-0.15, -0.1) is 11.8 Å². The second-order valence-electron chi connectivity index (χ2n) is 12.9. The highest BCUT2D eigenvalue weighted by atomic mass is 32.2. The van der Waals surface area contributed by atoms with Gasteiger partial charge in [0.25, 0.3) is 0 Å². The van der Waals surface area contributed by atoms with Crippen molar-refractivity contribution in [3.05, 3.63) is 39.4 Å². The molecule has 17 heteroatoms. The number of nitriles is 1. The molecule has 0 saturated carbocycles. The van der Waals surface area contributed by atoms with E-state index >= 15 is 0 Å². The van der Waals surface area contributed by atoms with Crippen LogP contribution in [0, 0.1) is 25.2 Å². The average molecular weight is 719 g/mol. The van der Waals surface area contributed by atoms with Crippen LogP contribution in [0.2, 0.25) is 0 Å². The lowest BCUT2D eigenvalue weighted by atomic mass is 9.71. The Hall–Kier alpha value is -4.40. The molecular weight excluding hydrogens is 685 g/mol. The number of piperazine rings is 1. The summed E-state index contributed by atoms with van der Waals surface area (Å²) in [6.07, 6.45) is -4.88. The van der Waals surface area contributed by atoms with Gasteiger partial charge in [-0.2, -0.15) is 18.4 Å². The molecule has 2 saturated heterocycles. The number of benzene rings is 2. The topological polar surface area (TPSA) is 160 Å². The number of likely N-dealkylation sites (N-methyl/N-ethyl adjacent to an activating group) is 1. The number of nitrogens with zero attached hydrogens (tertiary/aromatic N) is 3. The Morgan fingerprint density at radius 1 is 1.14 bits per heavy atom. The number of ether oxygens (including phenoxy) is 5. The summed E-state index contributed by atoms with van der Waals surface area (Å²) in [6, 6.07) is -0.897. The maximum absolute atomic E-state index is 13.4. The molecule has 5 heterocycles. The molecule has 7 atom stereocenters. The molecule has 2 N–H and O–H groups in total. The third-order valence-corrected chi connectivity index (χ3v) is 11.6. The number of hydrogen-bond donors (Lipinski definition) is 2. The molecule has 1 amide bonds. The third kappa shape index (κ3) is 5.02. The molecule has 2 fully saturated rings. The van der Waals surface area contributed by atoms with E-state index in [1.807, 2.05) is 22.9 Å². The normalized spacial score (nSPS) is 28.4. The molecule has 0 aromatic heterocycles. The minimum Gasteiger partial charge on any atom is -0.504 e. The number of thioether (sulfide) groups is 1. The standard InChI is InChI=1S/C33H33F3N4O9S/c1-12-6-15-7-17-18(8-37)40-19-9-46-31(43)16(38-32(44)33(34,35)36)10-50-30(24(40)23(39(17)4)20(15)25(42)26(12)45-5)22-21(19)29-28(47-11-48-29)13(2)27(22)49-14(3)41/h6,16-19,23-24,30,42H,7,9-11H2,1-5H3,(H,38,44)/t16-,17-,18-,19+,23+,24?,30+/m0/s1. The van der Waals surface area contributed by atoms with Crippen molar-refractivity contribution in [2.45, 2.75) is 74.9 Å². The monoisotopic (exact) mass is 718 g/mol. The molecule has 5 aliphatic heterocycles. The van der Waals surface area contributed by atoms with E-state index in [4.69, 9.17) is 23.7 Å². The van der Waals surface area contributed by atoms with E-state index in [-0.39, 0.29) is 29.8 Å². The molecule has 266 valence electrons. The van der Waals surface area contributed by atoms with Crippen molar-refractivity contribution in [2.24, 2.45) is 0 Å². The molecule has 7 rings (SSSR count). The highest BCUT2D eigenvalue weighted by Gasteiger charge is 2.61. The number of aromatic hydroxyl groups is 1. The quantitative estimate of drug-likeness (QED) is 0.352. The van der Waals surface area contributed by atoms with Gasteiger partial charge in [0.1, 0.15) is 24.4 Å². The first-order valence-electron chi connectivity index (χ1n) is 15.8. The number of nitrogens with one attached hydrogen (secondary N) is 1. The van der Waals surface area contributed by atoms with Gasteiger partial charge < -0.3 is 34.1 Å². The van der Waals surface area contributed by atoms with E-state index in [0.29, 0.717) is 45.7 Å². The first kappa shape index (κ1) is 34.1. The lowest BCUT2D eigenvalue weighted by Gasteiger charge is -2.61. The summed E-state index contributed by atoms with van der Waals surface area (Å²) in [5.41, 5.74) is 3.38. The molecule has 2 aromatic carbocycles. The van der Waals surface area contributed by atoms with Crippen LogP contribution in [-0.4, -0.2) is 96.4 Å². The van der Waals surface area contributed by atoms with Gasteiger partial charge in [-0.05, 0) is 38.4 Å². The van der Waals surface area contributed by atoms with E-state index < -0.39 is 72.1 Å². The number of phenols is 1. The smallest absolute Gasteiger partial charge is 0.471 e. The van der Waals surface area contributed by atoms with Gasteiger partial charge in [0.05, 0.1) is 30.5 Å². The summed E-state index contributed by atoms with van der Waals surface area (Å²) in [5, 5.41) is 23.6. The van der Waals surface area contributed by atoms with Gasteiger partial charge in [-0.3, -0.25) is 19.4 Å². The van der Waals surface area contributed by atoms with Crippen molar-refractivity contribution >= 4 is 29.6 Å². The van der Waals surface area contributed by atoms with Gasteiger partial charge in [0.15, 0.2) is 23.0 Å². The number of phenolic OH excluding ortho intramolecular Hbond substituents is 1. The van der Waals surface area contributed by atoms with E-state index in [9.17, 15) is 37.9 Å². The number of carbonyl (C=O) groups excluding carboxylic acids is 3. The number of carbonyl (C=O) groups is 3. The molecule has 5 aliphatic rings. The fraction of sp³-hybridized carbons (Fsp3) is 0.515. The number of alkyl halides is 3. The van der Waals surface area contributed by atoms with Gasteiger partial charge in [-0.1, -0.05) is 6.07 Å². The summed E-state index contributed by atoms with van der Waals surface area (Å²) in [6.45, 7) is 4.09. The van der Waals surface area contributed by atoms with Crippen LogP contribution in [0.3, 0.4) is 0 Å². The van der Waals surface area contributed by atoms with Crippen molar-refractivity contribution in [1.82, 2.24) is 15.1 Å². The maximum Gasteiger partial charge on any atom is 0.471 e. The first-order chi connectivity index (χ1) is 23.7. The van der Waals surface area contributed by atoms with E-state index in [2.05, 4.69) is 6.07 Å². The number of cyclic esters (lactones) is 1. The highest BCUT2D eigenvalue weighted by Crippen LogP contribution is 2.64. The van der Waals surface area contributed by atoms with Crippen molar-refractivity contribution < 1.29 is 56.3 Å². The van der Waals surface area contributed by atoms with E-state index in [1.54, 1.807) is 19.2 Å². The average Bonchev–Trinajstić information content (AvgIpc) is 3.54. The largest absolute Gasteiger partial charge is 0.504 e. The molecular formula is C33H33F3N4O9S. The number of methoxy groups -OCH3 is 1. The van der Waals surface area contributed by atoms with Gasteiger partial charge in [-0.25, -0.2) is 4.79 Å². The predicted octanol–water partition coefficient (Wildman–Crippen LogP) is 3.28. The summed E-state index contributed by atoms with van der Waals surface area (Å²) >= 11 is 1.04. The molecule has 2 aromatic rings. The summed E-state index contributed by atoms with van der Waals surface area (Å²) in [7, 11) is 3.29. The molecule has 4 bridgehead atoms. The van der Waals surface area contributed by atoms with E-state index in [0.717, 1.165) is 17.3 Å². The Balaban J connectivity index is 1.51. The highest BCUT2D eigenvalue weighted by molar-refractivity contribution is 7.99. The van der Waals surface area contributed by atoms with E-state index in [1.165, 1.54) is 14.0 Å². The Kier molecular flexibility index (Phi) is 8.27. The van der Waals surface area contributed by atoms with Gasteiger partial charge in [0.2, 0.25) is 6.79 Å². The van der Waals surface area contributed by atoms with Crippen LogP contribution in [-0.2, 0) is 25.5 Å². The minimum atomic E-state index is -5.26. The SMILES string of the molecule is COc1c(C)cc2c(c1O)[C@@H]1C3[C@@H]4SC[C@H](NC(=O)C(F)(F)F)C(=O)OC[C@H](c5c6c(c(C)c(OC(C)=O)c54)OCO6)N3[C@@H](C#N)[C@H](C2)N1C. The molecule has 0 spiro atoms. The maximum atomic E-state index is 13.4. The Morgan fingerprint density at radius 2 is 1.86 bits per heavy atom. The summed E-state index contributed by atoms with van der Waals surface area (Å²) < 4.78 is 69.2. The molecule has 50 heavy (non-hydrogen) atoms. The number of aryl methyl sites for hydroxylation is 1. The predicted molar refractivity (Wildman–Crippen MR) is 168 cm³/mol. The van der Waals surface area contributed by atoms with Crippen LogP contribution in [0.15, 0.2) is 6.07 Å². The second-order valence-corrected chi connectivity index (χ2v) is 14.1. The number of rotatable bonds is 3. The van der Waals surface area contributed by atoms with Crippen molar-refractivity contribution in [1.29, 1.82) is 5.26 Å². The van der Waals surface area contributed by atoms with Gasteiger partial charge >= 0.3 is 24.0 Å². The minimum absolute atomic E-state index is 0.0878. The molecule has 1 unspecified atom stereocenters. The lowest BCUT2D eigenvalue weighted by Crippen LogP contribution is -2.69. The molecule has 13 nitrogen and oxygen atoms in total. The first-order valence-corrected chi connectivity index (χ1v) is 16.8. The fourth-order valence-corrected chi connectivity index (χ4v) is 9.81. The number of halogens is 3. The zero-order valence-electron chi connectivity index (χ0n) is 27.5. The van der Waals surface area contributed by atoms with Crippen LogP contribution in [0.25, 0.3) is 0 Å². The molecule has 0 radical (unpaired) electrons. The van der Waals surface area contributed by atoms with Gasteiger partial charge in [0, 0.05) is 47.0 Å². The third-order valence-electron chi connectivity index (χ3n) is 10.2. The van der Waals surface area contributed by atoms with Crippen LogP contribution >= 0.6 is 11.8 Å². The Morgan fingerprint density at radius 3 is 2.52 bits per heavy atom. The fourth-order valence-electron chi connectivity index (χ4n) is 8.31. The van der Waals surface area contributed by atoms with Crippen molar-refractivity contribution in [3.8, 4) is 34.8 Å². The zero-order valence-corrected chi connectivity index (χ0v) is 28.4. The van der Waals surface area contributed by atoms with Crippen LogP contribution in [0.5, 0.6) is 28.7 Å². The zero-order chi connectivity index (χ0) is 36.0. The van der Waals surface area contributed by atoms with Crippen LogP contribution in [0.1, 0.15) is 57.6 Å². The molecule has 0 aliphatic carbocycles. The number of esters is 2. The Bertz CT molecular complexity index is 1870.